The molecule has 0 saturated carbocycles. The van der Waals surface area contributed by atoms with Gasteiger partial charge in [0.05, 0.1) is 10.6 Å². The summed E-state index contributed by atoms with van der Waals surface area (Å²) >= 11 is 0. The Balaban J connectivity index is 1.56. The molecular weight excluding hydrogens is 616 g/mol. The highest BCUT2D eigenvalue weighted by atomic mass is 32.2. The zero-order valence-electron chi connectivity index (χ0n) is 25.1. The first kappa shape index (κ1) is 32.4. The number of ether oxygens (including phenoxy) is 2. The summed E-state index contributed by atoms with van der Waals surface area (Å²) in [5.74, 6) is -1.60. The van der Waals surface area contributed by atoms with Crippen LogP contribution >= 0.6 is 0 Å². The largest absolute Gasteiger partial charge is 0.486 e. The first-order valence-corrected chi connectivity index (χ1v) is 16.1. The van der Waals surface area contributed by atoms with Crippen molar-refractivity contribution < 1.29 is 36.3 Å². The van der Waals surface area contributed by atoms with E-state index in [1.807, 2.05) is 30.3 Å². The van der Waals surface area contributed by atoms with Crippen LogP contribution in [0.5, 0.6) is 11.5 Å². The van der Waals surface area contributed by atoms with Crippen LogP contribution in [0.1, 0.15) is 18.1 Å². The Labute approximate surface area is 266 Å². The van der Waals surface area contributed by atoms with Gasteiger partial charge in [-0.05, 0) is 66.6 Å². The van der Waals surface area contributed by atoms with Gasteiger partial charge in [-0.2, -0.15) is 0 Å². The van der Waals surface area contributed by atoms with Crippen LogP contribution in [0.4, 0.5) is 14.5 Å². The maximum Gasteiger partial charge on any atom is 0.264 e. The molecule has 0 aliphatic carbocycles. The monoisotopic (exact) mass is 649 g/mol. The van der Waals surface area contributed by atoms with E-state index in [2.05, 4.69) is 5.32 Å². The van der Waals surface area contributed by atoms with Gasteiger partial charge >= 0.3 is 0 Å². The van der Waals surface area contributed by atoms with Gasteiger partial charge in [-0.25, -0.2) is 17.2 Å². The second-order valence-corrected chi connectivity index (χ2v) is 12.4. The van der Waals surface area contributed by atoms with Crippen LogP contribution in [0.2, 0.25) is 0 Å². The summed E-state index contributed by atoms with van der Waals surface area (Å²) in [6.45, 7) is 1.75. The standard InChI is InChI=1S/C34H33F2N3O6S/c1-2-37-34(41)30(20-24-6-4-3-5-7-24)38(22-25-8-10-26(35)11-9-25)33(40)23-39(28-14-12-27(36)13-15-28)46(42,43)29-16-17-31-32(21-29)45-19-18-44-31/h3-17,21,30H,2,18-20,22-23H2,1H3,(H,37,41). The van der Waals surface area contributed by atoms with Crippen molar-refractivity contribution >= 4 is 27.5 Å². The summed E-state index contributed by atoms with van der Waals surface area (Å²) in [7, 11) is -4.44. The van der Waals surface area contributed by atoms with Crippen molar-refractivity contribution in [3.8, 4) is 11.5 Å². The minimum Gasteiger partial charge on any atom is -0.486 e. The van der Waals surface area contributed by atoms with E-state index in [4.69, 9.17) is 9.47 Å². The average Bonchev–Trinajstić information content (AvgIpc) is 3.06. The fraction of sp³-hybridized carbons (Fsp3) is 0.235. The van der Waals surface area contributed by atoms with E-state index in [0.29, 0.717) is 24.5 Å². The third-order valence-electron chi connectivity index (χ3n) is 7.38. The molecule has 0 spiro atoms. The van der Waals surface area contributed by atoms with Gasteiger partial charge in [-0.3, -0.25) is 13.9 Å². The number of sulfonamides is 1. The Kier molecular flexibility index (Phi) is 10.2. The van der Waals surface area contributed by atoms with Crippen LogP contribution < -0.4 is 19.1 Å². The van der Waals surface area contributed by atoms with Gasteiger partial charge in [0.2, 0.25) is 11.8 Å². The van der Waals surface area contributed by atoms with Gasteiger partial charge in [-0.1, -0.05) is 42.5 Å². The number of rotatable bonds is 12. The minimum atomic E-state index is -4.44. The summed E-state index contributed by atoms with van der Waals surface area (Å²) in [4.78, 5) is 29.0. The van der Waals surface area contributed by atoms with E-state index in [-0.39, 0.29) is 35.9 Å². The SMILES string of the molecule is CCNC(=O)C(Cc1ccccc1)N(Cc1ccc(F)cc1)C(=O)CN(c1ccc(F)cc1)S(=O)(=O)c1ccc2c(c1)OCCO2. The second kappa shape index (κ2) is 14.4. The molecule has 12 heteroatoms. The van der Waals surface area contributed by atoms with E-state index in [0.717, 1.165) is 22.0 Å². The fourth-order valence-corrected chi connectivity index (χ4v) is 6.51. The van der Waals surface area contributed by atoms with Gasteiger partial charge in [0, 0.05) is 25.6 Å². The van der Waals surface area contributed by atoms with Crippen LogP contribution in [0.3, 0.4) is 0 Å². The predicted molar refractivity (Wildman–Crippen MR) is 168 cm³/mol. The lowest BCUT2D eigenvalue weighted by molar-refractivity contribution is -0.140. The minimum absolute atomic E-state index is 0.0315. The zero-order chi connectivity index (χ0) is 32.7. The summed E-state index contributed by atoms with van der Waals surface area (Å²) < 4.78 is 68.1. The number of fused-ring (bicyclic) bond motifs is 1. The maximum atomic E-state index is 14.4. The van der Waals surface area contributed by atoms with Gasteiger partial charge < -0.3 is 19.7 Å². The van der Waals surface area contributed by atoms with E-state index < -0.39 is 46.1 Å². The van der Waals surface area contributed by atoms with Gasteiger partial charge in [0.1, 0.15) is 37.4 Å². The molecule has 4 aromatic rings. The Morgan fingerprint density at radius 2 is 1.46 bits per heavy atom. The van der Waals surface area contributed by atoms with Crippen molar-refractivity contribution in [1.82, 2.24) is 10.2 Å². The topological polar surface area (TPSA) is 105 Å². The number of nitrogens with zero attached hydrogens (tertiary/aromatic N) is 2. The van der Waals surface area contributed by atoms with Gasteiger partial charge in [0.25, 0.3) is 10.0 Å². The molecule has 0 saturated heterocycles. The third kappa shape index (κ3) is 7.63. The lowest BCUT2D eigenvalue weighted by Gasteiger charge is -2.34. The van der Waals surface area contributed by atoms with Crippen molar-refractivity contribution in [3.05, 3.63) is 120 Å². The Hall–Kier alpha value is -4.97. The molecule has 1 aliphatic heterocycles. The number of nitrogens with one attached hydrogen (secondary N) is 1. The molecule has 1 heterocycles. The number of amides is 2. The maximum absolute atomic E-state index is 14.4. The predicted octanol–water partition coefficient (Wildman–Crippen LogP) is 4.71. The molecule has 1 N–H and O–H groups in total. The molecular formula is C34H33F2N3O6S. The molecule has 0 radical (unpaired) electrons. The Morgan fingerprint density at radius 1 is 0.826 bits per heavy atom. The molecule has 0 fully saturated rings. The fourth-order valence-electron chi connectivity index (χ4n) is 5.08. The average molecular weight is 650 g/mol. The highest BCUT2D eigenvalue weighted by molar-refractivity contribution is 7.92. The zero-order valence-corrected chi connectivity index (χ0v) is 25.9. The molecule has 5 rings (SSSR count). The summed E-state index contributed by atoms with van der Waals surface area (Å²) in [6, 6.07) is 22.4. The first-order valence-electron chi connectivity index (χ1n) is 14.7. The molecule has 4 aromatic carbocycles. The number of carbonyl (C=O) groups is 2. The summed E-state index contributed by atoms with van der Waals surface area (Å²) in [5.41, 5.74) is 1.33. The lowest BCUT2D eigenvalue weighted by Crippen LogP contribution is -2.53. The molecule has 9 nitrogen and oxygen atoms in total. The Bertz CT molecular complexity index is 1770. The van der Waals surface area contributed by atoms with E-state index in [1.54, 1.807) is 6.92 Å². The number of halogens is 2. The van der Waals surface area contributed by atoms with Crippen molar-refractivity contribution in [3.63, 3.8) is 0 Å². The molecule has 240 valence electrons. The second-order valence-electron chi connectivity index (χ2n) is 10.5. The van der Waals surface area contributed by atoms with E-state index in [9.17, 15) is 26.8 Å². The van der Waals surface area contributed by atoms with Crippen molar-refractivity contribution in [1.29, 1.82) is 0 Å². The smallest absolute Gasteiger partial charge is 0.264 e. The van der Waals surface area contributed by atoms with Crippen LogP contribution in [0.25, 0.3) is 0 Å². The Morgan fingerprint density at radius 3 is 2.11 bits per heavy atom. The van der Waals surface area contributed by atoms with Gasteiger partial charge in [-0.15, -0.1) is 0 Å². The first-order chi connectivity index (χ1) is 22.2. The molecule has 0 aromatic heterocycles. The van der Waals surface area contributed by atoms with E-state index >= 15 is 0 Å². The van der Waals surface area contributed by atoms with Crippen LogP contribution in [-0.2, 0) is 32.6 Å². The van der Waals surface area contributed by atoms with E-state index in [1.165, 1.54) is 59.5 Å². The van der Waals surface area contributed by atoms with Crippen LogP contribution in [-0.4, -0.2) is 57.5 Å². The van der Waals surface area contributed by atoms with Crippen LogP contribution in [0.15, 0.2) is 102 Å². The lowest BCUT2D eigenvalue weighted by atomic mass is 10.0. The number of carbonyl (C=O) groups excluding carboxylic acids is 2. The number of hydrogen-bond donors (Lipinski definition) is 1. The number of anilines is 1. The van der Waals surface area contributed by atoms with Crippen molar-refractivity contribution in [2.24, 2.45) is 0 Å². The van der Waals surface area contributed by atoms with Gasteiger partial charge in [0.15, 0.2) is 11.5 Å². The number of likely N-dealkylation sites (N-methyl/N-ethyl adjacent to an activating group) is 1. The van der Waals surface area contributed by atoms with Crippen molar-refractivity contribution in [2.75, 3.05) is 30.6 Å². The molecule has 1 atom stereocenters. The highest BCUT2D eigenvalue weighted by Gasteiger charge is 2.35. The summed E-state index contributed by atoms with van der Waals surface area (Å²) in [5, 5.41) is 2.78. The molecule has 1 aliphatic rings. The highest BCUT2D eigenvalue weighted by Crippen LogP contribution is 2.34. The number of benzene rings is 4. The molecule has 1 unspecified atom stereocenters. The molecule has 2 amide bonds. The quantitative estimate of drug-likeness (QED) is 0.239. The normalized spacial score (nSPS) is 13.0. The van der Waals surface area contributed by atoms with Crippen molar-refractivity contribution in [2.45, 2.75) is 30.8 Å². The molecule has 0 bridgehead atoms. The van der Waals surface area contributed by atoms with Crippen LogP contribution in [0, 0.1) is 11.6 Å². The third-order valence-corrected chi connectivity index (χ3v) is 9.15. The number of hydrogen-bond acceptors (Lipinski definition) is 6. The molecule has 46 heavy (non-hydrogen) atoms. The summed E-state index contributed by atoms with van der Waals surface area (Å²) in [6.07, 6.45) is 0.130.